The van der Waals surface area contributed by atoms with E-state index in [1.165, 1.54) is 29.1 Å². The molecular formula is C42H48ClN5O5. The molecule has 7 rings (SSSR count). The second-order valence-corrected chi connectivity index (χ2v) is 15.0. The molecule has 3 aromatic rings. The highest BCUT2D eigenvalue weighted by Gasteiger charge is 2.58. The average molecular weight is 738 g/mol. The van der Waals surface area contributed by atoms with E-state index in [0.29, 0.717) is 24.2 Å². The van der Waals surface area contributed by atoms with E-state index >= 15 is 0 Å². The van der Waals surface area contributed by atoms with Crippen LogP contribution in [0.5, 0.6) is 0 Å². The molecule has 11 heteroatoms. The molecule has 0 spiro atoms. The van der Waals surface area contributed by atoms with Crippen molar-refractivity contribution >= 4 is 41.5 Å². The first kappa shape index (κ1) is 36.7. The molecule has 5 atom stereocenters. The van der Waals surface area contributed by atoms with E-state index in [4.69, 9.17) is 16.3 Å². The number of amides is 4. The first-order valence-corrected chi connectivity index (χ1v) is 19.3. The number of likely N-dealkylation sites (tertiary alicyclic amines) is 3. The monoisotopic (exact) mass is 737 g/mol. The maximum Gasteiger partial charge on any atom is 0.411 e. The van der Waals surface area contributed by atoms with Crippen molar-refractivity contribution in [1.82, 2.24) is 24.9 Å². The summed E-state index contributed by atoms with van der Waals surface area (Å²) in [5.74, 6) is -0.990. The highest BCUT2D eigenvalue weighted by atomic mass is 35.5. The molecule has 53 heavy (non-hydrogen) atoms. The van der Waals surface area contributed by atoms with E-state index in [2.05, 4.69) is 10.2 Å². The van der Waals surface area contributed by atoms with Crippen molar-refractivity contribution < 1.29 is 23.9 Å². The highest BCUT2D eigenvalue weighted by molar-refractivity contribution is 6.30. The quantitative estimate of drug-likeness (QED) is 0.234. The molecule has 0 unspecified atom stereocenters. The minimum absolute atomic E-state index is 0.0989. The number of carbonyl (C=O) groups excluding carboxylic acids is 4. The van der Waals surface area contributed by atoms with Crippen molar-refractivity contribution in [2.45, 2.75) is 81.7 Å². The predicted molar refractivity (Wildman–Crippen MR) is 204 cm³/mol. The summed E-state index contributed by atoms with van der Waals surface area (Å²) in [5.41, 5.74) is 2.54. The van der Waals surface area contributed by atoms with Crippen LogP contribution in [0.4, 0.5) is 4.79 Å². The number of benzene rings is 3. The topological polar surface area (TPSA) is 103 Å². The normalized spacial score (nSPS) is 23.8. The van der Waals surface area contributed by atoms with Crippen molar-refractivity contribution in [3.63, 3.8) is 0 Å². The van der Waals surface area contributed by atoms with E-state index in [1.54, 1.807) is 12.1 Å². The Morgan fingerprint density at radius 3 is 2.30 bits per heavy atom. The Bertz CT molecular complexity index is 1790. The van der Waals surface area contributed by atoms with Gasteiger partial charge in [-0.1, -0.05) is 103 Å². The van der Waals surface area contributed by atoms with Gasteiger partial charge in [-0.3, -0.25) is 19.3 Å². The summed E-state index contributed by atoms with van der Waals surface area (Å²) in [5, 5.41) is 3.65. The van der Waals surface area contributed by atoms with Crippen LogP contribution in [0.2, 0.25) is 5.02 Å². The maximum atomic E-state index is 14.5. The van der Waals surface area contributed by atoms with Crippen LogP contribution in [-0.2, 0) is 19.1 Å². The molecule has 4 aliphatic rings. The second kappa shape index (κ2) is 16.6. The molecule has 0 saturated carbocycles. The Balaban J connectivity index is 1.18. The van der Waals surface area contributed by atoms with E-state index in [-0.39, 0.29) is 25.0 Å². The lowest BCUT2D eigenvalue weighted by molar-refractivity contribution is -0.164. The number of carbonyl (C=O) groups is 4. The van der Waals surface area contributed by atoms with E-state index < -0.39 is 42.1 Å². The molecule has 4 fully saturated rings. The fraction of sp³-hybridized carbons (Fsp3) is 0.429. The van der Waals surface area contributed by atoms with Crippen molar-refractivity contribution in [3.05, 3.63) is 113 Å². The molecule has 3 aromatic carbocycles. The van der Waals surface area contributed by atoms with Gasteiger partial charge in [0.15, 0.2) is 0 Å². The van der Waals surface area contributed by atoms with Crippen LogP contribution in [0.3, 0.4) is 0 Å². The third-order valence-corrected chi connectivity index (χ3v) is 11.5. The SMILES string of the molecule is C[C@@H](NC(=O)[C@@H](CC(=O)N1CCC(N2CCCCC2)CC1)N1C(=O)[C@@H](N2C(=O)OC[C@@H]2c2ccccc2)[C@H]1/C=C/c1cccc(Cl)c1)c1ccccc1. The van der Waals surface area contributed by atoms with E-state index in [0.717, 1.165) is 42.6 Å². The third-order valence-electron chi connectivity index (χ3n) is 11.3. The first-order chi connectivity index (χ1) is 25.8. The lowest BCUT2D eigenvalue weighted by Crippen LogP contribution is -2.74. The summed E-state index contributed by atoms with van der Waals surface area (Å²) in [7, 11) is 0. The Morgan fingerprint density at radius 2 is 1.60 bits per heavy atom. The second-order valence-electron chi connectivity index (χ2n) is 14.6. The summed E-state index contributed by atoms with van der Waals surface area (Å²) >= 11 is 6.31. The Morgan fingerprint density at radius 1 is 0.906 bits per heavy atom. The van der Waals surface area contributed by atoms with Gasteiger partial charge in [-0.2, -0.15) is 0 Å². The van der Waals surface area contributed by atoms with Crippen molar-refractivity contribution in [1.29, 1.82) is 0 Å². The summed E-state index contributed by atoms with van der Waals surface area (Å²) in [4.78, 5) is 63.9. The Hall–Kier alpha value is -4.67. The average Bonchev–Trinajstić information content (AvgIpc) is 3.56. The highest BCUT2D eigenvalue weighted by Crippen LogP contribution is 2.39. The van der Waals surface area contributed by atoms with Crippen LogP contribution in [0.25, 0.3) is 6.08 Å². The molecule has 1 N–H and O–H groups in total. The molecule has 0 bridgehead atoms. The number of rotatable bonds is 11. The van der Waals surface area contributed by atoms with E-state index in [9.17, 15) is 19.2 Å². The number of cyclic esters (lactones) is 1. The molecule has 4 saturated heterocycles. The zero-order valence-electron chi connectivity index (χ0n) is 30.2. The summed E-state index contributed by atoms with van der Waals surface area (Å²) in [6, 6.07) is 23.2. The number of nitrogens with one attached hydrogen (secondary N) is 1. The van der Waals surface area contributed by atoms with Gasteiger partial charge in [0.2, 0.25) is 17.7 Å². The fourth-order valence-corrected chi connectivity index (χ4v) is 8.56. The van der Waals surface area contributed by atoms with Gasteiger partial charge in [0.25, 0.3) is 0 Å². The molecule has 10 nitrogen and oxygen atoms in total. The minimum Gasteiger partial charge on any atom is -0.447 e. The van der Waals surface area contributed by atoms with Crippen molar-refractivity contribution in [2.24, 2.45) is 0 Å². The largest absolute Gasteiger partial charge is 0.447 e. The lowest BCUT2D eigenvalue weighted by atomic mass is 9.87. The molecule has 4 amide bonds. The number of hydrogen-bond donors (Lipinski definition) is 1. The van der Waals surface area contributed by atoms with Gasteiger partial charge >= 0.3 is 6.09 Å². The van der Waals surface area contributed by atoms with Crippen LogP contribution in [-0.4, -0.2) is 100 Å². The van der Waals surface area contributed by atoms with Crippen LogP contribution in [0, 0.1) is 0 Å². The first-order valence-electron chi connectivity index (χ1n) is 18.9. The van der Waals surface area contributed by atoms with Crippen LogP contribution in [0.1, 0.15) is 74.2 Å². The zero-order chi connectivity index (χ0) is 36.9. The van der Waals surface area contributed by atoms with Gasteiger partial charge in [0.05, 0.1) is 24.5 Å². The standard InChI is InChI=1S/C42H48ClN5O5/c1-29(31-13-5-2-6-14-31)44-40(50)36(27-38(49)46-24-20-34(21-25-46)45-22-9-4-10-23-45)47-35(19-18-30-12-11-17-33(43)26-30)39(41(47)51)48-37(28-53-42(48)52)32-15-7-3-8-16-32/h2-3,5-8,11-19,26,29,34-37,39H,4,9-10,20-25,27-28H2,1H3,(H,44,50)/b19-18+/t29-,35-,36-,37-,39+/m1/s1. The molecular weight excluding hydrogens is 690 g/mol. The summed E-state index contributed by atoms with van der Waals surface area (Å²) in [6.07, 6.45) is 8.41. The molecule has 0 aliphatic carbocycles. The van der Waals surface area contributed by atoms with Gasteiger partial charge in [0, 0.05) is 24.2 Å². The van der Waals surface area contributed by atoms with E-state index in [1.807, 2.05) is 96.8 Å². The smallest absolute Gasteiger partial charge is 0.411 e. The molecule has 0 aromatic heterocycles. The number of halogens is 1. The van der Waals surface area contributed by atoms with Crippen LogP contribution < -0.4 is 5.32 Å². The van der Waals surface area contributed by atoms with Crippen molar-refractivity contribution in [3.8, 4) is 0 Å². The third kappa shape index (κ3) is 8.14. The number of nitrogens with zero attached hydrogens (tertiary/aromatic N) is 4. The number of hydrogen-bond acceptors (Lipinski definition) is 6. The van der Waals surface area contributed by atoms with Gasteiger partial charge in [0.1, 0.15) is 18.7 Å². The van der Waals surface area contributed by atoms with Crippen LogP contribution in [0.15, 0.2) is 91.0 Å². The Kier molecular flexibility index (Phi) is 11.5. The summed E-state index contributed by atoms with van der Waals surface area (Å²) < 4.78 is 5.54. The van der Waals surface area contributed by atoms with Crippen LogP contribution >= 0.6 is 11.6 Å². The summed E-state index contributed by atoms with van der Waals surface area (Å²) in [6.45, 7) is 5.43. The number of β-lactam (4-membered cyclic amide) rings is 1. The number of ether oxygens (including phenoxy) is 1. The van der Waals surface area contributed by atoms with Gasteiger partial charge in [-0.25, -0.2) is 4.79 Å². The molecule has 0 radical (unpaired) electrons. The molecule has 278 valence electrons. The van der Waals surface area contributed by atoms with Crippen molar-refractivity contribution in [2.75, 3.05) is 32.8 Å². The molecule has 4 aliphatic heterocycles. The lowest BCUT2D eigenvalue weighted by Gasteiger charge is -2.52. The van der Waals surface area contributed by atoms with Gasteiger partial charge in [-0.05, 0) is 74.5 Å². The zero-order valence-corrected chi connectivity index (χ0v) is 30.9. The molecule has 4 heterocycles. The maximum absolute atomic E-state index is 14.5. The predicted octanol–water partition coefficient (Wildman–Crippen LogP) is 6.24. The van der Waals surface area contributed by atoms with Gasteiger partial charge in [-0.15, -0.1) is 0 Å². The number of piperidine rings is 2. The minimum atomic E-state index is -1.11. The Labute approximate surface area is 316 Å². The van der Waals surface area contributed by atoms with Gasteiger partial charge < -0.3 is 24.8 Å². The fourth-order valence-electron chi connectivity index (χ4n) is 8.36.